The van der Waals surface area contributed by atoms with Crippen LogP contribution >= 0.6 is 24.8 Å². The molecule has 0 aliphatic rings. The summed E-state index contributed by atoms with van der Waals surface area (Å²) in [4.78, 5) is 5.93. The Bertz CT molecular complexity index is 288. The van der Waals surface area contributed by atoms with Crippen LogP contribution in [0.2, 0.25) is 0 Å². The second kappa shape index (κ2) is 8.35. The van der Waals surface area contributed by atoms with E-state index in [1.165, 1.54) is 6.34 Å². The van der Waals surface area contributed by atoms with Crippen LogP contribution in [0.25, 0.3) is 0 Å². The summed E-state index contributed by atoms with van der Waals surface area (Å²) in [7, 11) is 3.96. The summed E-state index contributed by atoms with van der Waals surface area (Å²) in [5.41, 5.74) is 3.77. The van der Waals surface area contributed by atoms with E-state index in [0.717, 1.165) is 11.4 Å². The van der Waals surface area contributed by atoms with Gasteiger partial charge in [-0.15, -0.1) is 24.8 Å². The Labute approximate surface area is 102 Å². The van der Waals surface area contributed by atoms with E-state index in [1.807, 2.05) is 48.7 Å². The normalized spacial score (nSPS) is 9.00. The number of hydrogen-bond donors (Lipinski definition) is 2. The average Bonchev–Trinajstić information content (AvgIpc) is 2.15. The van der Waals surface area contributed by atoms with Crippen molar-refractivity contribution in [3.05, 3.63) is 24.3 Å². The van der Waals surface area contributed by atoms with Crippen molar-refractivity contribution < 1.29 is 5.21 Å². The van der Waals surface area contributed by atoms with Crippen molar-refractivity contribution in [1.29, 1.82) is 0 Å². The molecule has 6 heteroatoms. The maximum absolute atomic E-state index is 8.26. The van der Waals surface area contributed by atoms with E-state index in [0.29, 0.717) is 0 Å². The molecular formula is C9H15Cl2N3O. The van der Waals surface area contributed by atoms with Gasteiger partial charge in [-0.25, -0.2) is 4.99 Å². The van der Waals surface area contributed by atoms with Gasteiger partial charge in [-0.3, -0.25) is 10.7 Å². The van der Waals surface area contributed by atoms with E-state index in [9.17, 15) is 0 Å². The maximum atomic E-state index is 8.26. The number of hydroxylamine groups is 1. The Morgan fingerprint density at radius 1 is 1.20 bits per heavy atom. The van der Waals surface area contributed by atoms with Crippen LogP contribution in [-0.4, -0.2) is 25.6 Å². The Morgan fingerprint density at radius 3 is 2.13 bits per heavy atom. The first-order valence-electron chi connectivity index (χ1n) is 3.93. The fraction of sp³-hybridized carbons (Fsp3) is 0.222. The number of halogens is 2. The second-order valence-electron chi connectivity index (χ2n) is 2.80. The molecule has 0 saturated carbocycles. The van der Waals surface area contributed by atoms with Crippen molar-refractivity contribution in [3.8, 4) is 0 Å². The summed E-state index contributed by atoms with van der Waals surface area (Å²) in [6.07, 6.45) is 1.23. The molecule has 0 aliphatic carbocycles. The summed E-state index contributed by atoms with van der Waals surface area (Å²) in [5, 5.41) is 8.26. The highest BCUT2D eigenvalue weighted by molar-refractivity contribution is 5.85. The monoisotopic (exact) mass is 251 g/mol. The van der Waals surface area contributed by atoms with Crippen LogP contribution in [0.3, 0.4) is 0 Å². The number of nitrogens with one attached hydrogen (secondary N) is 1. The van der Waals surface area contributed by atoms with Gasteiger partial charge >= 0.3 is 0 Å². The number of aliphatic imine (C=N–C) groups is 1. The fourth-order valence-corrected chi connectivity index (χ4v) is 0.940. The fourth-order valence-electron chi connectivity index (χ4n) is 0.940. The third kappa shape index (κ3) is 5.47. The lowest BCUT2D eigenvalue weighted by Gasteiger charge is -2.11. The van der Waals surface area contributed by atoms with Crippen LogP contribution in [-0.2, 0) is 0 Å². The average molecular weight is 252 g/mol. The summed E-state index contributed by atoms with van der Waals surface area (Å²) in [6, 6.07) is 7.68. The zero-order valence-corrected chi connectivity index (χ0v) is 10.2. The molecule has 0 bridgehead atoms. The number of nitrogens with zero attached hydrogens (tertiary/aromatic N) is 2. The molecule has 0 heterocycles. The molecule has 0 fully saturated rings. The van der Waals surface area contributed by atoms with Crippen molar-refractivity contribution in [2.45, 2.75) is 0 Å². The van der Waals surface area contributed by atoms with Crippen LogP contribution in [0.15, 0.2) is 29.3 Å². The number of rotatable bonds is 3. The molecule has 2 N–H and O–H groups in total. The van der Waals surface area contributed by atoms with Gasteiger partial charge in [0.15, 0.2) is 0 Å². The quantitative estimate of drug-likeness (QED) is 0.492. The highest BCUT2D eigenvalue weighted by Gasteiger charge is 1.93. The van der Waals surface area contributed by atoms with E-state index >= 15 is 0 Å². The highest BCUT2D eigenvalue weighted by atomic mass is 35.5. The number of hydrogen-bond acceptors (Lipinski definition) is 3. The lowest BCUT2D eigenvalue weighted by atomic mass is 10.3. The first-order valence-corrected chi connectivity index (χ1v) is 3.93. The molecule has 0 aliphatic heterocycles. The van der Waals surface area contributed by atoms with E-state index in [4.69, 9.17) is 5.21 Å². The Kier molecular flexibility index (Phi) is 9.16. The first-order chi connectivity index (χ1) is 6.24. The predicted octanol–water partition coefficient (Wildman–Crippen LogP) is 2.23. The van der Waals surface area contributed by atoms with Gasteiger partial charge in [-0.05, 0) is 24.3 Å². The smallest absolute Gasteiger partial charge is 0.113 e. The Morgan fingerprint density at radius 2 is 1.73 bits per heavy atom. The third-order valence-corrected chi connectivity index (χ3v) is 1.64. The van der Waals surface area contributed by atoms with E-state index in [-0.39, 0.29) is 24.8 Å². The summed E-state index contributed by atoms with van der Waals surface area (Å²) in [6.45, 7) is 0. The molecule has 0 spiro atoms. The zero-order chi connectivity index (χ0) is 9.68. The van der Waals surface area contributed by atoms with E-state index in [1.54, 1.807) is 0 Å². The van der Waals surface area contributed by atoms with Crippen LogP contribution in [0, 0.1) is 0 Å². The zero-order valence-electron chi connectivity index (χ0n) is 8.54. The van der Waals surface area contributed by atoms with Crippen LogP contribution in [0.4, 0.5) is 11.4 Å². The topological polar surface area (TPSA) is 47.9 Å². The van der Waals surface area contributed by atoms with Crippen LogP contribution in [0.5, 0.6) is 0 Å². The maximum Gasteiger partial charge on any atom is 0.113 e. The number of benzene rings is 1. The molecule has 0 aromatic heterocycles. The molecule has 1 aromatic rings. The van der Waals surface area contributed by atoms with Gasteiger partial charge in [0.1, 0.15) is 6.34 Å². The van der Waals surface area contributed by atoms with Gasteiger partial charge in [0.2, 0.25) is 0 Å². The Balaban J connectivity index is 0. The molecule has 15 heavy (non-hydrogen) atoms. The lowest BCUT2D eigenvalue weighted by Crippen LogP contribution is -2.07. The molecule has 1 rings (SSSR count). The molecule has 0 atom stereocenters. The van der Waals surface area contributed by atoms with Crippen molar-refractivity contribution >= 4 is 42.5 Å². The highest BCUT2D eigenvalue weighted by Crippen LogP contribution is 2.17. The minimum absolute atomic E-state index is 0. The van der Waals surface area contributed by atoms with Gasteiger partial charge < -0.3 is 4.90 Å². The summed E-state index contributed by atoms with van der Waals surface area (Å²) >= 11 is 0. The lowest BCUT2D eigenvalue weighted by molar-refractivity contribution is 0.240. The van der Waals surface area contributed by atoms with Gasteiger partial charge in [-0.1, -0.05) is 0 Å². The standard InChI is InChI=1S/C9H13N3O.2ClH/c1-12(2)9-5-3-8(4-6-9)10-7-11-13;;/h3-7,13H,1-2H3,(H,10,11);2*1H. The van der Waals surface area contributed by atoms with Crippen molar-refractivity contribution in [1.82, 2.24) is 5.48 Å². The summed E-state index contributed by atoms with van der Waals surface area (Å²) in [5.74, 6) is 0. The molecule has 0 amide bonds. The van der Waals surface area contributed by atoms with Gasteiger partial charge in [0, 0.05) is 19.8 Å². The van der Waals surface area contributed by atoms with Crippen molar-refractivity contribution in [2.24, 2.45) is 4.99 Å². The van der Waals surface area contributed by atoms with Crippen LogP contribution < -0.4 is 10.4 Å². The molecule has 1 aromatic carbocycles. The molecular weight excluding hydrogens is 237 g/mol. The molecule has 0 unspecified atom stereocenters. The van der Waals surface area contributed by atoms with Crippen LogP contribution in [0.1, 0.15) is 0 Å². The van der Waals surface area contributed by atoms with Crippen molar-refractivity contribution in [2.75, 3.05) is 19.0 Å². The second-order valence-corrected chi connectivity index (χ2v) is 2.80. The first kappa shape index (κ1) is 16.5. The van der Waals surface area contributed by atoms with Gasteiger partial charge in [-0.2, -0.15) is 0 Å². The van der Waals surface area contributed by atoms with Crippen molar-refractivity contribution in [3.63, 3.8) is 0 Å². The van der Waals surface area contributed by atoms with E-state index < -0.39 is 0 Å². The molecule has 86 valence electrons. The van der Waals surface area contributed by atoms with Gasteiger partial charge in [0.05, 0.1) is 5.69 Å². The minimum atomic E-state index is 0. The minimum Gasteiger partial charge on any atom is -0.378 e. The predicted molar refractivity (Wildman–Crippen MR) is 68.3 cm³/mol. The molecule has 0 saturated heterocycles. The largest absolute Gasteiger partial charge is 0.378 e. The molecule has 4 nitrogen and oxygen atoms in total. The Hall–Kier alpha value is -0.970. The third-order valence-electron chi connectivity index (χ3n) is 1.64. The summed E-state index contributed by atoms with van der Waals surface area (Å²) < 4.78 is 0. The molecule has 0 radical (unpaired) electrons. The van der Waals surface area contributed by atoms with Gasteiger partial charge in [0.25, 0.3) is 0 Å². The SMILES string of the molecule is CN(C)c1ccc(N=CNO)cc1.Cl.Cl. The number of anilines is 1. The van der Waals surface area contributed by atoms with E-state index in [2.05, 4.69) is 4.99 Å².